The van der Waals surface area contributed by atoms with E-state index >= 15 is 0 Å². The SMILES string of the molecule is COc1ccc([N+](=O)[O-])cc1OC(=O)c1sc2ccccc2c1Cl. The van der Waals surface area contributed by atoms with E-state index in [0.29, 0.717) is 5.02 Å². The van der Waals surface area contributed by atoms with E-state index in [-0.39, 0.29) is 22.1 Å². The lowest BCUT2D eigenvalue weighted by Crippen LogP contribution is -2.08. The maximum atomic E-state index is 12.4. The summed E-state index contributed by atoms with van der Waals surface area (Å²) in [5.74, 6) is -0.517. The first kappa shape index (κ1) is 16.2. The number of esters is 1. The van der Waals surface area contributed by atoms with Gasteiger partial charge in [0.2, 0.25) is 0 Å². The van der Waals surface area contributed by atoms with Crippen molar-refractivity contribution in [1.29, 1.82) is 0 Å². The number of thiophene rings is 1. The monoisotopic (exact) mass is 363 g/mol. The van der Waals surface area contributed by atoms with Crippen molar-refractivity contribution in [2.75, 3.05) is 7.11 Å². The third-order valence-electron chi connectivity index (χ3n) is 3.28. The second-order valence-electron chi connectivity index (χ2n) is 4.72. The minimum Gasteiger partial charge on any atom is -0.493 e. The number of hydrogen-bond donors (Lipinski definition) is 0. The number of methoxy groups -OCH3 is 1. The van der Waals surface area contributed by atoms with E-state index in [1.807, 2.05) is 18.2 Å². The largest absolute Gasteiger partial charge is 0.493 e. The molecule has 0 spiro atoms. The molecule has 3 rings (SSSR count). The maximum absolute atomic E-state index is 12.4. The minimum absolute atomic E-state index is 0.0368. The average Bonchev–Trinajstić information content (AvgIpc) is 2.92. The Kier molecular flexibility index (Phi) is 4.37. The van der Waals surface area contributed by atoms with Crippen LogP contribution in [-0.2, 0) is 0 Å². The van der Waals surface area contributed by atoms with E-state index in [2.05, 4.69) is 0 Å². The third kappa shape index (κ3) is 2.91. The molecule has 8 heteroatoms. The molecular weight excluding hydrogens is 354 g/mol. The molecule has 0 fully saturated rings. The third-order valence-corrected chi connectivity index (χ3v) is 4.94. The molecule has 0 radical (unpaired) electrons. The molecule has 0 aliphatic rings. The molecule has 122 valence electrons. The predicted octanol–water partition coefficient (Wildman–Crippen LogP) is 4.69. The fourth-order valence-corrected chi connectivity index (χ4v) is 3.54. The molecule has 0 atom stereocenters. The van der Waals surface area contributed by atoms with Crippen LogP contribution in [-0.4, -0.2) is 18.0 Å². The zero-order valence-electron chi connectivity index (χ0n) is 12.3. The molecular formula is C16H10ClNO5S. The van der Waals surface area contributed by atoms with Crippen LogP contribution in [0.2, 0.25) is 5.02 Å². The van der Waals surface area contributed by atoms with Crippen LogP contribution in [0.15, 0.2) is 42.5 Å². The molecule has 2 aromatic carbocycles. The first-order valence-electron chi connectivity index (χ1n) is 6.73. The molecule has 0 saturated carbocycles. The zero-order chi connectivity index (χ0) is 17.3. The topological polar surface area (TPSA) is 78.7 Å². The maximum Gasteiger partial charge on any atom is 0.355 e. The summed E-state index contributed by atoms with van der Waals surface area (Å²) >= 11 is 7.44. The van der Waals surface area contributed by atoms with Crippen LogP contribution < -0.4 is 9.47 Å². The molecule has 0 saturated heterocycles. The molecule has 0 aliphatic heterocycles. The van der Waals surface area contributed by atoms with Crippen LogP contribution in [0.3, 0.4) is 0 Å². The number of nitro groups is 1. The fraction of sp³-hybridized carbons (Fsp3) is 0.0625. The lowest BCUT2D eigenvalue weighted by molar-refractivity contribution is -0.384. The van der Waals surface area contributed by atoms with Crippen LogP contribution in [0.4, 0.5) is 5.69 Å². The Balaban J connectivity index is 1.98. The highest BCUT2D eigenvalue weighted by atomic mass is 35.5. The fourth-order valence-electron chi connectivity index (χ4n) is 2.15. The van der Waals surface area contributed by atoms with Gasteiger partial charge in [0.05, 0.1) is 23.1 Å². The number of nitrogens with zero attached hydrogens (tertiary/aromatic N) is 1. The van der Waals surface area contributed by atoms with Crippen molar-refractivity contribution in [2.24, 2.45) is 0 Å². The van der Waals surface area contributed by atoms with E-state index in [1.165, 1.54) is 30.6 Å². The summed E-state index contributed by atoms with van der Waals surface area (Å²) in [6.45, 7) is 0. The van der Waals surface area contributed by atoms with Gasteiger partial charge in [0, 0.05) is 16.2 Å². The van der Waals surface area contributed by atoms with Crippen molar-refractivity contribution in [3.05, 3.63) is 62.5 Å². The number of rotatable bonds is 4. The summed E-state index contributed by atoms with van der Waals surface area (Å²) in [7, 11) is 1.38. The van der Waals surface area contributed by atoms with Crippen LogP contribution >= 0.6 is 22.9 Å². The summed E-state index contributed by atoms with van der Waals surface area (Å²) in [5.41, 5.74) is -0.207. The highest BCUT2D eigenvalue weighted by molar-refractivity contribution is 7.21. The first-order chi connectivity index (χ1) is 11.5. The molecule has 0 unspecified atom stereocenters. The van der Waals surface area contributed by atoms with Crippen molar-refractivity contribution in [1.82, 2.24) is 0 Å². The molecule has 0 amide bonds. The molecule has 1 heterocycles. The van der Waals surface area contributed by atoms with Crippen LogP contribution in [0.1, 0.15) is 9.67 Å². The number of benzene rings is 2. The van der Waals surface area contributed by atoms with Gasteiger partial charge in [-0.05, 0) is 12.1 Å². The van der Waals surface area contributed by atoms with Crippen LogP contribution in [0.5, 0.6) is 11.5 Å². The van der Waals surface area contributed by atoms with E-state index < -0.39 is 10.9 Å². The Morgan fingerprint density at radius 3 is 2.62 bits per heavy atom. The van der Waals surface area contributed by atoms with Gasteiger partial charge in [0.25, 0.3) is 5.69 Å². The zero-order valence-corrected chi connectivity index (χ0v) is 13.9. The average molecular weight is 364 g/mol. The normalized spacial score (nSPS) is 10.6. The van der Waals surface area contributed by atoms with Crippen molar-refractivity contribution < 1.29 is 19.2 Å². The van der Waals surface area contributed by atoms with E-state index in [0.717, 1.165) is 16.2 Å². The van der Waals surface area contributed by atoms with Crippen molar-refractivity contribution >= 4 is 44.7 Å². The Morgan fingerprint density at radius 1 is 1.21 bits per heavy atom. The lowest BCUT2D eigenvalue weighted by atomic mass is 10.2. The number of hydrogen-bond acceptors (Lipinski definition) is 6. The van der Waals surface area contributed by atoms with Gasteiger partial charge >= 0.3 is 5.97 Å². The van der Waals surface area contributed by atoms with Gasteiger partial charge in [0.15, 0.2) is 11.5 Å². The summed E-state index contributed by atoms with van der Waals surface area (Å²) in [4.78, 5) is 23.0. The molecule has 24 heavy (non-hydrogen) atoms. The highest BCUT2D eigenvalue weighted by Crippen LogP contribution is 2.37. The molecule has 3 aromatic rings. The van der Waals surface area contributed by atoms with Gasteiger partial charge in [-0.2, -0.15) is 0 Å². The second kappa shape index (κ2) is 6.46. The molecule has 1 aromatic heterocycles. The second-order valence-corrected chi connectivity index (χ2v) is 6.15. The van der Waals surface area contributed by atoms with E-state index in [1.54, 1.807) is 6.07 Å². The quantitative estimate of drug-likeness (QED) is 0.291. The molecule has 0 aliphatic carbocycles. The molecule has 6 nitrogen and oxygen atoms in total. The van der Waals surface area contributed by atoms with E-state index in [4.69, 9.17) is 21.1 Å². The summed E-state index contributed by atoms with van der Waals surface area (Å²) in [5, 5.41) is 11.9. The van der Waals surface area contributed by atoms with Gasteiger partial charge in [0.1, 0.15) is 4.88 Å². The van der Waals surface area contributed by atoms with Crippen molar-refractivity contribution in [3.63, 3.8) is 0 Å². The number of non-ortho nitro benzene ring substituents is 1. The Morgan fingerprint density at radius 2 is 1.96 bits per heavy atom. The van der Waals surface area contributed by atoms with E-state index in [9.17, 15) is 14.9 Å². The van der Waals surface area contributed by atoms with Gasteiger partial charge in [-0.15, -0.1) is 11.3 Å². The van der Waals surface area contributed by atoms with Crippen LogP contribution in [0.25, 0.3) is 10.1 Å². The molecule has 0 bridgehead atoms. The number of ether oxygens (including phenoxy) is 2. The number of nitro benzene ring substituents is 1. The minimum atomic E-state index is -0.694. The highest BCUT2D eigenvalue weighted by Gasteiger charge is 2.21. The van der Waals surface area contributed by atoms with Gasteiger partial charge < -0.3 is 9.47 Å². The smallest absolute Gasteiger partial charge is 0.355 e. The number of carbonyl (C=O) groups is 1. The van der Waals surface area contributed by atoms with Crippen LogP contribution in [0, 0.1) is 10.1 Å². The van der Waals surface area contributed by atoms with Gasteiger partial charge in [-0.25, -0.2) is 4.79 Å². The standard InChI is InChI=1S/C16H10ClNO5S/c1-22-11-7-6-9(18(20)21)8-12(11)23-16(19)15-14(17)10-4-2-3-5-13(10)24-15/h2-8H,1H3. The summed E-state index contributed by atoms with van der Waals surface area (Å²) in [6, 6.07) is 11.1. The number of carbonyl (C=O) groups excluding carboxylic acids is 1. The number of fused-ring (bicyclic) bond motifs is 1. The summed E-state index contributed by atoms with van der Waals surface area (Å²) < 4.78 is 11.2. The Labute approximate surface area is 145 Å². The molecule has 0 N–H and O–H groups in total. The number of halogens is 1. The van der Waals surface area contributed by atoms with Gasteiger partial charge in [-0.3, -0.25) is 10.1 Å². The first-order valence-corrected chi connectivity index (χ1v) is 7.92. The van der Waals surface area contributed by atoms with Crippen molar-refractivity contribution in [2.45, 2.75) is 0 Å². The Hall–Kier alpha value is -2.64. The predicted molar refractivity (Wildman–Crippen MR) is 91.4 cm³/mol. The van der Waals surface area contributed by atoms with Crippen molar-refractivity contribution in [3.8, 4) is 11.5 Å². The summed E-state index contributed by atoms with van der Waals surface area (Å²) in [6.07, 6.45) is 0. The van der Waals surface area contributed by atoms with Gasteiger partial charge in [-0.1, -0.05) is 29.8 Å². The Bertz CT molecular complexity index is 953. The lowest BCUT2D eigenvalue weighted by Gasteiger charge is -2.08.